The first-order valence-electron chi connectivity index (χ1n) is 9.04. The number of carbonyl (C=O) groups excluding carboxylic acids is 1. The molecule has 0 bridgehead atoms. The third kappa shape index (κ3) is 3.69. The van der Waals surface area contributed by atoms with Crippen molar-refractivity contribution in [3.05, 3.63) is 89.9 Å². The van der Waals surface area contributed by atoms with Gasteiger partial charge in [0.15, 0.2) is 0 Å². The number of fused-ring (bicyclic) bond motifs is 1. The van der Waals surface area contributed by atoms with Crippen LogP contribution in [0.15, 0.2) is 73.2 Å². The van der Waals surface area contributed by atoms with E-state index in [1.165, 1.54) is 5.56 Å². The number of carbonyl (C=O) groups is 1. The molecule has 2 aromatic heterocycles. The number of aromatic nitrogens is 2. The largest absolute Gasteiger partial charge is 0.352 e. The van der Waals surface area contributed by atoms with Gasteiger partial charge in [-0.25, -0.2) is 0 Å². The van der Waals surface area contributed by atoms with E-state index in [0.29, 0.717) is 5.56 Å². The van der Waals surface area contributed by atoms with E-state index in [0.717, 1.165) is 33.5 Å². The van der Waals surface area contributed by atoms with Gasteiger partial charge in [-0.05, 0) is 55.3 Å². The summed E-state index contributed by atoms with van der Waals surface area (Å²) in [5, 5.41) is 7.29. The van der Waals surface area contributed by atoms with E-state index >= 15 is 0 Å². The molecule has 0 aliphatic rings. The number of para-hydroxylation sites is 1. The lowest BCUT2D eigenvalue weighted by Crippen LogP contribution is -2.12. The molecule has 0 atom stereocenters. The molecule has 2 aromatic carbocycles. The van der Waals surface area contributed by atoms with Crippen LogP contribution >= 0.6 is 0 Å². The molecule has 0 aliphatic heterocycles. The van der Waals surface area contributed by atoms with Crippen LogP contribution in [0.4, 0.5) is 17.1 Å². The van der Waals surface area contributed by atoms with Gasteiger partial charge in [0, 0.05) is 23.5 Å². The van der Waals surface area contributed by atoms with Crippen molar-refractivity contribution in [2.24, 2.45) is 0 Å². The highest BCUT2D eigenvalue weighted by Gasteiger charge is 2.09. The number of rotatable bonds is 4. The quantitative estimate of drug-likeness (QED) is 0.517. The number of anilines is 3. The number of nitrogens with one attached hydrogen (secondary N) is 2. The summed E-state index contributed by atoms with van der Waals surface area (Å²) in [6, 6.07) is 17.5. The number of benzene rings is 2. The Morgan fingerprint density at radius 2 is 1.75 bits per heavy atom. The molecule has 0 spiro atoms. The van der Waals surface area contributed by atoms with E-state index in [2.05, 4.69) is 20.6 Å². The van der Waals surface area contributed by atoms with E-state index in [4.69, 9.17) is 0 Å². The van der Waals surface area contributed by atoms with Gasteiger partial charge in [-0.2, -0.15) is 0 Å². The Hall–Kier alpha value is -3.73. The van der Waals surface area contributed by atoms with Crippen molar-refractivity contribution < 1.29 is 4.79 Å². The zero-order chi connectivity index (χ0) is 19.5. The first-order valence-corrected chi connectivity index (χ1v) is 9.04. The van der Waals surface area contributed by atoms with Crippen LogP contribution in [0.3, 0.4) is 0 Å². The summed E-state index contributed by atoms with van der Waals surface area (Å²) in [6.45, 7) is 4.07. The maximum Gasteiger partial charge on any atom is 0.257 e. The minimum Gasteiger partial charge on any atom is -0.352 e. The summed E-state index contributed by atoms with van der Waals surface area (Å²) in [4.78, 5) is 21.3. The number of nitrogens with zero attached hydrogens (tertiary/aromatic N) is 2. The second kappa shape index (κ2) is 7.48. The van der Waals surface area contributed by atoms with E-state index in [9.17, 15) is 4.79 Å². The molecule has 1 amide bonds. The van der Waals surface area contributed by atoms with Crippen LogP contribution in [-0.2, 0) is 0 Å². The van der Waals surface area contributed by atoms with Gasteiger partial charge in [0.05, 0.1) is 28.7 Å². The topological polar surface area (TPSA) is 66.9 Å². The highest BCUT2D eigenvalue weighted by molar-refractivity contribution is 6.04. The van der Waals surface area contributed by atoms with E-state index in [-0.39, 0.29) is 5.91 Å². The number of aryl methyl sites for hydroxylation is 2. The van der Waals surface area contributed by atoms with Gasteiger partial charge in [-0.15, -0.1) is 0 Å². The number of hydrogen-bond acceptors (Lipinski definition) is 4. The number of amides is 1. The Morgan fingerprint density at radius 1 is 0.893 bits per heavy atom. The molecule has 5 nitrogen and oxygen atoms in total. The number of pyridine rings is 2. The molecule has 2 heterocycles. The molecule has 138 valence electrons. The Bertz CT molecular complexity index is 1160. The molecular formula is C23H20N4O. The lowest BCUT2D eigenvalue weighted by atomic mass is 10.1. The minimum absolute atomic E-state index is 0.199. The van der Waals surface area contributed by atoms with Gasteiger partial charge in [-0.1, -0.05) is 24.3 Å². The molecule has 0 fully saturated rings. The zero-order valence-electron chi connectivity index (χ0n) is 15.7. The van der Waals surface area contributed by atoms with Crippen LogP contribution in [0.25, 0.3) is 10.9 Å². The van der Waals surface area contributed by atoms with Gasteiger partial charge in [-0.3, -0.25) is 14.8 Å². The van der Waals surface area contributed by atoms with Crippen LogP contribution in [-0.4, -0.2) is 15.9 Å². The van der Waals surface area contributed by atoms with Crippen molar-refractivity contribution in [1.29, 1.82) is 0 Å². The zero-order valence-corrected chi connectivity index (χ0v) is 15.7. The molecular weight excluding hydrogens is 348 g/mol. The van der Waals surface area contributed by atoms with E-state index < -0.39 is 0 Å². The smallest absolute Gasteiger partial charge is 0.257 e. The molecule has 0 aliphatic carbocycles. The van der Waals surface area contributed by atoms with Gasteiger partial charge < -0.3 is 10.6 Å². The molecule has 0 saturated carbocycles. The maximum atomic E-state index is 12.6. The average molecular weight is 368 g/mol. The molecule has 28 heavy (non-hydrogen) atoms. The Morgan fingerprint density at radius 3 is 2.61 bits per heavy atom. The van der Waals surface area contributed by atoms with Crippen LogP contribution in [0.1, 0.15) is 21.5 Å². The highest BCUT2D eigenvalue weighted by Crippen LogP contribution is 2.25. The third-order valence-corrected chi connectivity index (χ3v) is 4.68. The molecule has 5 heteroatoms. The summed E-state index contributed by atoms with van der Waals surface area (Å²) >= 11 is 0. The third-order valence-electron chi connectivity index (χ3n) is 4.68. The van der Waals surface area contributed by atoms with Crippen molar-refractivity contribution in [3.63, 3.8) is 0 Å². The summed E-state index contributed by atoms with van der Waals surface area (Å²) in [7, 11) is 0. The van der Waals surface area contributed by atoms with Crippen LogP contribution < -0.4 is 10.6 Å². The van der Waals surface area contributed by atoms with Crippen molar-refractivity contribution >= 4 is 33.9 Å². The van der Waals surface area contributed by atoms with Crippen molar-refractivity contribution in [1.82, 2.24) is 9.97 Å². The normalized spacial score (nSPS) is 10.6. The maximum absolute atomic E-state index is 12.6. The molecule has 0 unspecified atom stereocenters. The van der Waals surface area contributed by atoms with Gasteiger partial charge in [0.25, 0.3) is 5.91 Å². The Kier molecular flexibility index (Phi) is 4.72. The first kappa shape index (κ1) is 17.7. The summed E-state index contributed by atoms with van der Waals surface area (Å²) in [5.74, 6) is -0.199. The van der Waals surface area contributed by atoms with Crippen molar-refractivity contribution in [3.8, 4) is 0 Å². The summed E-state index contributed by atoms with van der Waals surface area (Å²) in [5.41, 5.74) is 6.04. The van der Waals surface area contributed by atoms with Crippen LogP contribution in [0.2, 0.25) is 0 Å². The molecule has 0 saturated heterocycles. The fraction of sp³-hybridized carbons (Fsp3) is 0.0870. The van der Waals surface area contributed by atoms with Gasteiger partial charge in [0.2, 0.25) is 0 Å². The molecule has 4 aromatic rings. The molecule has 4 rings (SSSR count). The Balaban J connectivity index is 1.57. The highest BCUT2D eigenvalue weighted by atomic mass is 16.1. The standard InChI is InChI=1S/C23H20N4O/c1-15-8-9-19(11-16(15)2)27-23(28)18-12-20(14-24-13-18)26-21-7-3-5-17-6-4-10-25-22(17)21/h3-14,26H,1-2H3,(H,27,28). The first-order chi connectivity index (χ1) is 13.6. The molecule has 0 radical (unpaired) electrons. The number of hydrogen-bond donors (Lipinski definition) is 2. The predicted octanol–water partition coefficient (Wildman–Crippen LogP) is 5.24. The summed E-state index contributed by atoms with van der Waals surface area (Å²) < 4.78 is 0. The second-order valence-corrected chi connectivity index (χ2v) is 6.72. The van der Waals surface area contributed by atoms with Gasteiger partial charge >= 0.3 is 0 Å². The summed E-state index contributed by atoms with van der Waals surface area (Å²) in [6.07, 6.45) is 5.01. The average Bonchev–Trinajstić information content (AvgIpc) is 2.71. The van der Waals surface area contributed by atoms with Crippen LogP contribution in [0, 0.1) is 13.8 Å². The fourth-order valence-corrected chi connectivity index (χ4v) is 3.02. The van der Waals surface area contributed by atoms with Crippen molar-refractivity contribution in [2.45, 2.75) is 13.8 Å². The fourth-order valence-electron chi connectivity index (χ4n) is 3.02. The Labute approximate surface area is 163 Å². The molecule has 2 N–H and O–H groups in total. The SMILES string of the molecule is Cc1ccc(NC(=O)c2cncc(Nc3cccc4cccnc34)c2)cc1C. The lowest BCUT2D eigenvalue weighted by molar-refractivity contribution is 0.102. The van der Waals surface area contributed by atoms with Crippen LogP contribution in [0.5, 0.6) is 0 Å². The second-order valence-electron chi connectivity index (χ2n) is 6.72. The van der Waals surface area contributed by atoms with E-state index in [1.807, 2.05) is 62.4 Å². The predicted molar refractivity (Wildman–Crippen MR) is 113 cm³/mol. The van der Waals surface area contributed by atoms with Gasteiger partial charge in [0.1, 0.15) is 0 Å². The van der Waals surface area contributed by atoms with Crippen molar-refractivity contribution in [2.75, 3.05) is 10.6 Å². The monoisotopic (exact) mass is 368 g/mol. The minimum atomic E-state index is -0.199. The van der Waals surface area contributed by atoms with E-state index in [1.54, 1.807) is 24.7 Å². The lowest BCUT2D eigenvalue weighted by Gasteiger charge is -2.11.